The summed E-state index contributed by atoms with van der Waals surface area (Å²) in [5, 5.41) is 5.91. The Morgan fingerprint density at radius 2 is 1.46 bits per heavy atom. The predicted molar refractivity (Wildman–Crippen MR) is 89.0 cm³/mol. The molecular weight excluding hydrogens is 304 g/mol. The van der Waals surface area contributed by atoms with E-state index in [0.717, 1.165) is 11.1 Å². The molecule has 0 spiro atoms. The molecule has 7 heteroatoms. The molecule has 3 rings (SSSR count). The van der Waals surface area contributed by atoms with Gasteiger partial charge in [0.25, 0.3) is 5.91 Å². The molecule has 0 bridgehead atoms. The average Bonchev–Trinajstić information content (AvgIpc) is 2.66. The number of rotatable bonds is 6. The number of pyridine rings is 2. The summed E-state index contributed by atoms with van der Waals surface area (Å²) in [6, 6.07) is 9.08. The van der Waals surface area contributed by atoms with Gasteiger partial charge in [0, 0.05) is 44.1 Å². The predicted octanol–water partition coefficient (Wildman–Crippen LogP) is 1.81. The van der Waals surface area contributed by atoms with E-state index in [-0.39, 0.29) is 5.91 Å². The average molecular weight is 320 g/mol. The fourth-order valence-electron chi connectivity index (χ4n) is 2.03. The lowest BCUT2D eigenvalue weighted by atomic mass is 10.2. The Kier molecular flexibility index (Phi) is 5.03. The van der Waals surface area contributed by atoms with Crippen LogP contribution >= 0.6 is 0 Å². The van der Waals surface area contributed by atoms with Gasteiger partial charge in [-0.3, -0.25) is 14.8 Å². The molecule has 0 saturated heterocycles. The fourth-order valence-corrected chi connectivity index (χ4v) is 2.03. The van der Waals surface area contributed by atoms with Gasteiger partial charge >= 0.3 is 0 Å². The lowest BCUT2D eigenvalue weighted by Crippen LogP contribution is -2.24. The molecule has 0 radical (unpaired) electrons. The summed E-state index contributed by atoms with van der Waals surface area (Å²) in [5.41, 5.74) is 2.35. The van der Waals surface area contributed by atoms with Crippen molar-refractivity contribution in [1.82, 2.24) is 25.3 Å². The fraction of sp³-hybridized carbons (Fsp3) is 0.118. The van der Waals surface area contributed by atoms with Gasteiger partial charge in [-0.05, 0) is 41.5 Å². The molecule has 24 heavy (non-hydrogen) atoms. The molecule has 3 aromatic rings. The third kappa shape index (κ3) is 4.33. The molecule has 7 nitrogen and oxygen atoms in total. The summed E-state index contributed by atoms with van der Waals surface area (Å²) in [6.07, 6.45) is 8.38. The first-order valence-electron chi connectivity index (χ1n) is 7.44. The van der Waals surface area contributed by atoms with Crippen molar-refractivity contribution in [2.45, 2.75) is 13.1 Å². The zero-order valence-corrected chi connectivity index (χ0v) is 12.9. The van der Waals surface area contributed by atoms with Crippen LogP contribution in [0.2, 0.25) is 0 Å². The zero-order valence-electron chi connectivity index (χ0n) is 12.9. The lowest BCUT2D eigenvalue weighted by Gasteiger charge is -2.07. The van der Waals surface area contributed by atoms with E-state index >= 15 is 0 Å². The lowest BCUT2D eigenvalue weighted by molar-refractivity contribution is 0.0946. The highest BCUT2D eigenvalue weighted by molar-refractivity contribution is 5.92. The van der Waals surface area contributed by atoms with E-state index in [2.05, 4.69) is 30.6 Å². The maximum Gasteiger partial charge on any atom is 0.270 e. The van der Waals surface area contributed by atoms with Gasteiger partial charge in [-0.15, -0.1) is 0 Å². The Hall–Kier alpha value is -3.35. The van der Waals surface area contributed by atoms with Crippen molar-refractivity contribution in [2.75, 3.05) is 5.32 Å². The number of amides is 1. The quantitative estimate of drug-likeness (QED) is 0.719. The maximum absolute atomic E-state index is 12.2. The summed E-state index contributed by atoms with van der Waals surface area (Å²) < 4.78 is 0. The molecule has 0 aliphatic carbocycles. The van der Waals surface area contributed by atoms with Crippen LogP contribution < -0.4 is 10.6 Å². The van der Waals surface area contributed by atoms with E-state index in [9.17, 15) is 4.79 Å². The third-order valence-corrected chi connectivity index (χ3v) is 3.29. The number of carbonyl (C=O) groups is 1. The second kappa shape index (κ2) is 7.77. The molecule has 2 N–H and O–H groups in total. The highest BCUT2D eigenvalue weighted by atomic mass is 16.1. The summed E-state index contributed by atoms with van der Waals surface area (Å²) in [5.74, 6) is 0.157. The van der Waals surface area contributed by atoms with Crippen LogP contribution in [0.3, 0.4) is 0 Å². The molecule has 0 saturated carbocycles. The van der Waals surface area contributed by atoms with Crippen molar-refractivity contribution in [3.8, 4) is 0 Å². The minimum Gasteiger partial charge on any atom is -0.350 e. The molecule has 0 fully saturated rings. The molecule has 3 aromatic heterocycles. The Morgan fingerprint density at radius 1 is 0.833 bits per heavy atom. The first kappa shape index (κ1) is 15.5. The molecule has 1 amide bonds. The largest absolute Gasteiger partial charge is 0.350 e. The summed E-state index contributed by atoms with van der Waals surface area (Å²) >= 11 is 0. The van der Waals surface area contributed by atoms with Crippen LogP contribution in [0, 0.1) is 0 Å². The molecule has 0 unspecified atom stereocenters. The van der Waals surface area contributed by atoms with Crippen molar-refractivity contribution in [3.05, 3.63) is 78.1 Å². The van der Waals surface area contributed by atoms with Gasteiger partial charge < -0.3 is 10.6 Å². The van der Waals surface area contributed by atoms with Crippen molar-refractivity contribution >= 4 is 11.9 Å². The first-order valence-corrected chi connectivity index (χ1v) is 7.44. The Labute approximate surface area is 139 Å². The van der Waals surface area contributed by atoms with Crippen molar-refractivity contribution in [1.29, 1.82) is 0 Å². The molecule has 120 valence electrons. The van der Waals surface area contributed by atoms with Gasteiger partial charge in [0.05, 0.1) is 0 Å². The highest BCUT2D eigenvalue weighted by Gasteiger charge is 2.08. The van der Waals surface area contributed by atoms with Crippen LogP contribution in [0.15, 0.2) is 61.3 Å². The van der Waals surface area contributed by atoms with Gasteiger partial charge in [0.1, 0.15) is 5.69 Å². The normalized spacial score (nSPS) is 10.2. The topological polar surface area (TPSA) is 92.7 Å². The molecule has 0 atom stereocenters. The van der Waals surface area contributed by atoms with Crippen LogP contribution in [-0.4, -0.2) is 25.8 Å². The molecule has 0 aliphatic rings. The standard InChI is InChI=1S/C17H16N6O/c24-16(21-11-13-1-6-18-7-2-13)15-5-10-20-17(23-15)22-12-14-3-8-19-9-4-14/h1-10H,11-12H2,(H,21,24)(H,20,22,23). The number of aromatic nitrogens is 4. The highest BCUT2D eigenvalue weighted by Crippen LogP contribution is 2.04. The van der Waals surface area contributed by atoms with Gasteiger partial charge in [-0.25, -0.2) is 9.97 Å². The molecular formula is C17H16N6O. The number of nitrogens with zero attached hydrogens (tertiary/aromatic N) is 4. The van der Waals surface area contributed by atoms with Crippen molar-refractivity contribution in [3.63, 3.8) is 0 Å². The van der Waals surface area contributed by atoms with Gasteiger partial charge in [-0.2, -0.15) is 0 Å². The number of anilines is 1. The molecule has 0 aromatic carbocycles. The number of hydrogen-bond donors (Lipinski definition) is 2. The van der Waals surface area contributed by atoms with Gasteiger partial charge in [0.15, 0.2) is 0 Å². The van der Waals surface area contributed by atoms with Crippen LogP contribution in [0.4, 0.5) is 5.95 Å². The van der Waals surface area contributed by atoms with Crippen LogP contribution in [-0.2, 0) is 13.1 Å². The third-order valence-electron chi connectivity index (χ3n) is 3.29. The second-order valence-corrected chi connectivity index (χ2v) is 5.01. The van der Waals surface area contributed by atoms with Crippen molar-refractivity contribution in [2.24, 2.45) is 0 Å². The first-order chi connectivity index (χ1) is 11.8. The van der Waals surface area contributed by atoms with Gasteiger partial charge in [0.2, 0.25) is 5.95 Å². The van der Waals surface area contributed by atoms with E-state index in [1.54, 1.807) is 37.1 Å². The monoisotopic (exact) mass is 320 g/mol. The second-order valence-electron chi connectivity index (χ2n) is 5.01. The number of nitrogens with one attached hydrogen (secondary N) is 2. The molecule has 0 aliphatic heterocycles. The Morgan fingerprint density at radius 3 is 2.12 bits per heavy atom. The zero-order chi connectivity index (χ0) is 16.6. The summed E-state index contributed by atoms with van der Waals surface area (Å²) in [7, 11) is 0. The SMILES string of the molecule is O=C(NCc1ccncc1)c1ccnc(NCc2ccncc2)n1. The van der Waals surface area contributed by atoms with E-state index in [1.165, 1.54) is 0 Å². The van der Waals surface area contributed by atoms with E-state index in [1.807, 2.05) is 24.3 Å². The summed E-state index contributed by atoms with van der Waals surface area (Å²) in [6.45, 7) is 0.982. The number of hydrogen-bond acceptors (Lipinski definition) is 6. The van der Waals surface area contributed by atoms with E-state index in [4.69, 9.17) is 0 Å². The minimum absolute atomic E-state index is 0.249. The summed E-state index contributed by atoms with van der Waals surface area (Å²) in [4.78, 5) is 28.5. The maximum atomic E-state index is 12.2. The Balaban J connectivity index is 1.59. The van der Waals surface area contributed by atoms with Crippen LogP contribution in [0.1, 0.15) is 21.6 Å². The van der Waals surface area contributed by atoms with E-state index < -0.39 is 0 Å². The Bertz CT molecular complexity index is 794. The van der Waals surface area contributed by atoms with Crippen molar-refractivity contribution < 1.29 is 4.79 Å². The van der Waals surface area contributed by atoms with Crippen LogP contribution in [0.5, 0.6) is 0 Å². The number of carbonyl (C=O) groups excluding carboxylic acids is 1. The van der Waals surface area contributed by atoms with Crippen LogP contribution in [0.25, 0.3) is 0 Å². The van der Waals surface area contributed by atoms with Gasteiger partial charge in [-0.1, -0.05) is 0 Å². The smallest absolute Gasteiger partial charge is 0.270 e. The van der Waals surface area contributed by atoms with E-state index in [0.29, 0.717) is 24.7 Å². The minimum atomic E-state index is -0.249. The molecule has 3 heterocycles.